The van der Waals surface area contributed by atoms with Crippen molar-refractivity contribution in [3.8, 4) is 0 Å². The first kappa shape index (κ1) is 84.1. The van der Waals surface area contributed by atoms with Gasteiger partial charge in [0.2, 0.25) is 0 Å². The van der Waals surface area contributed by atoms with E-state index in [4.69, 9.17) is 37.0 Å². The minimum Gasteiger partial charge on any atom is -0.462 e. The number of esters is 4. The molecule has 0 rings (SSSR count). The first-order valence-corrected chi connectivity index (χ1v) is 38.0. The molecule has 2 unspecified atom stereocenters. The van der Waals surface area contributed by atoms with Gasteiger partial charge in [0.1, 0.15) is 19.3 Å². The highest BCUT2D eigenvalue weighted by Gasteiger charge is 2.30. The molecule has 3 N–H and O–H groups in total. The topological polar surface area (TPSA) is 237 Å². The molecule has 19 heteroatoms. The Morgan fingerprint density at radius 2 is 0.535 bits per heavy atom. The van der Waals surface area contributed by atoms with E-state index in [0.717, 1.165) is 102 Å². The molecule has 0 fully saturated rings. The quantitative estimate of drug-likeness (QED) is 0.0222. The van der Waals surface area contributed by atoms with Crippen molar-refractivity contribution in [3.63, 3.8) is 0 Å². The Balaban J connectivity index is 5.25. The fourth-order valence-corrected chi connectivity index (χ4v) is 11.6. The Morgan fingerprint density at radius 3 is 0.791 bits per heavy atom. The SMILES string of the molecule is CCCCCCCCCCCCCC(=O)OC[C@H](COP(=O)(O)OC[C@H](O)COP(=O)(O)OC[C@@H](COC(=O)CCCCCCCCCCCC(C)C)OC(=O)CCCCCCCCCCCC(C)C)OC(=O)CCCCCCCCCCCCC. The standard InChI is InChI=1S/C67H130O17P2/c1-7-9-11-13-15-17-19-25-31-37-43-49-64(69)77-55-62(83-66(71)51-45-39-33-26-20-18-16-14-12-10-8-2)57-81-85(73,74)79-53-61(68)54-80-86(75,76)82-58-63(84-67(72)52-46-40-34-28-22-24-30-36-42-48-60(5)6)56-78-65(70)50-44-38-32-27-21-23-29-35-41-47-59(3)4/h59-63,68H,7-58H2,1-6H3,(H,73,74)(H,75,76)/t61-,62+,63+/m0/s1. The number of unbranched alkanes of at least 4 members (excludes halogenated alkanes) is 36. The molecule has 0 amide bonds. The summed E-state index contributed by atoms with van der Waals surface area (Å²) < 4.78 is 68.1. The van der Waals surface area contributed by atoms with E-state index in [9.17, 15) is 43.2 Å². The van der Waals surface area contributed by atoms with Crippen LogP contribution in [0.25, 0.3) is 0 Å². The lowest BCUT2D eigenvalue weighted by Crippen LogP contribution is -2.30. The zero-order valence-corrected chi connectivity index (χ0v) is 57.4. The van der Waals surface area contributed by atoms with E-state index in [2.05, 4.69) is 41.5 Å². The summed E-state index contributed by atoms with van der Waals surface area (Å²) in [6.07, 6.45) is 42.9. The molecule has 0 bridgehead atoms. The van der Waals surface area contributed by atoms with Gasteiger partial charge in [-0.2, -0.15) is 0 Å². The molecule has 0 aromatic rings. The van der Waals surface area contributed by atoms with Crippen LogP contribution in [0.15, 0.2) is 0 Å². The Labute approximate surface area is 524 Å². The van der Waals surface area contributed by atoms with Crippen molar-refractivity contribution >= 4 is 39.5 Å². The number of ether oxygens (including phenoxy) is 4. The number of phosphoric acid groups is 2. The molecule has 0 radical (unpaired) electrons. The van der Waals surface area contributed by atoms with Gasteiger partial charge in [0.05, 0.1) is 26.4 Å². The highest BCUT2D eigenvalue weighted by molar-refractivity contribution is 7.47. The number of phosphoric ester groups is 2. The van der Waals surface area contributed by atoms with Crippen LogP contribution in [0.4, 0.5) is 0 Å². The summed E-state index contributed by atoms with van der Waals surface area (Å²) in [6.45, 7) is 9.48. The molecule has 17 nitrogen and oxygen atoms in total. The van der Waals surface area contributed by atoms with Crippen LogP contribution in [0.1, 0.15) is 337 Å². The molecule has 510 valence electrons. The number of hydrogen-bond acceptors (Lipinski definition) is 15. The highest BCUT2D eigenvalue weighted by Crippen LogP contribution is 2.45. The summed E-state index contributed by atoms with van der Waals surface area (Å²) in [4.78, 5) is 72.4. The third kappa shape index (κ3) is 60.9. The first-order valence-electron chi connectivity index (χ1n) is 35.0. The molecule has 0 spiro atoms. The normalized spacial score (nSPS) is 14.2. The number of aliphatic hydroxyl groups is 1. The van der Waals surface area contributed by atoms with Crippen molar-refractivity contribution in [3.05, 3.63) is 0 Å². The number of aliphatic hydroxyl groups excluding tert-OH is 1. The van der Waals surface area contributed by atoms with E-state index >= 15 is 0 Å². The van der Waals surface area contributed by atoms with Crippen molar-refractivity contribution in [1.29, 1.82) is 0 Å². The van der Waals surface area contributed by atoms with Crippen molar-refractivity contribution in [2.45, 2.75) is 355 Å². The number of carbonyl (C=O) groups is 4. The molecule has 0 aromatic carbocycles. The van der Waals surface area contributed by atoms with E-state index in [1.54, 1.807) is 0 Å². The van der Waals surface area contributed by atoms with Crippen LogP contribution in [0.3, 0.4) is 0 Å². The summed E-state index contributed by atoms with van der Waals surface area (Å²) in [7, 11) is -9.89. The van der Waals surface area contributed by atoms with Crippen LogP contribution in [0, 0.1) is 11.8 Å². The number of hydrogen-bond donors (Lipinski definition) is 3. The van der Waals surface area contributed by atoms with Crippen molar-refractivity contribution in [1.82, 2.24) is 0 Å². The monoisotopic (exact) mass is 1270 g/mol. The molecule has 0 aromatic heterocycles. The van der Waals surface area contributed by atoms with E-state index < -0.39 is 97.5 Å². The largest absolute Gasteiger partial charge is 0.472 e. The van der Waals surface area contributed by atoms with Crippen molar-refractivity contribution in [2.75, 3.05) is 39.6 Å². The fraction of sp³-hybridized carbons (Fsp3) is 0.940. The van der Waals surface area contributed by atoms with Crippen LogP contribution < -0.4 is 0 Å². The highest BCUT2D eigenvalue weighted by atomic mass is 31.2. The molecule has 0 aliphatic heterocycles. The third-order valence-corrected chi connectivity index (χ3v) is 17.4. The molecule has 0 saturated carbocycles. The average Bonchev–Trinajstić information content (AvgIpc) is 3.55. The zero-order chi connectivity index (χ0) is 63.6. The van der Waals surface area contributed by atoms with Gasteiger partial charge in [0.25, 0.3) is 0 Å². The molecule has 0 saturated heterocycles. The minimum absolute atomic E-state index is 0.105. The van der Waals surface area contributed by atoms with E-state index in [0.29, 0.717) is 25.7 Å². The van der Waals surface area contributed by atoms with E-state index in [1.807, 2.05) is 0 Å². The molecular weight excluding hydrogens is 1140 g/mol. The van der Waals surface area contributed by atoms with Crippen LogP contribution in [-0.4, -0.2) is 96.7 Å². The van der Waals surface area contributed by atoms with Gasteiger partial charge in [0.15, 0.2) is 12.2 Å². The van der Waals surface area contributed by atoms with Gasteiger partial charge in [-0.15, -0.1) is 0 Å². The lowest BCUT2D eigenvalue weighted by Gasteiger charge is -2.21. The van der Waals surface area contributed by atoms with Gasteiger partial charge in [-0.1, -0.05) is 286 Å². The molecule has 0 heterocycles. The second-order valence-corrected chi connectivity index (χ2v) is 28.1. The summed E-state index contributed by atoms with van der Waals surface area (Å²) in [6, 6.07) is 0. The van der Waals surface area contributed by atoms with Gasteiger partial charge in [-0.25, -0.2) is 9.13 Å². The fourth-order valence-electron chi connectivity index (χ4n) is 10.1. The molecule has 5 atom stereocenters. The van der Waals surface area contributed by atoms with Gasteiger partial charge in [-0.05, 0) is 37.5 Å². The van der Waals surface area contributed by atoms with E-state index in [-0.39, 0.29) is 25.7 Å². The van der Waals surface area contributed by atoms with Crippen molar-refractivity contribution in [2.24, 2.45) is 11.8 Å². The van der Waals surface area contributed by atoms with Gasteiger partial charge >= 0.3 is 39.5 Å². The maximum Gasteiger partial charge on any atom is 0.472 e. The molecular formula is C67H130O17P2. The Hall–Kier alpha value is -1.94. The second kappa shape index (κ2) is 59.4. The maximum atomic E-state index is 13.0. The summed E-state index contributed by atoms with van der Waals surface area (Å²) in [5.41, 5.74) is 0. The first-order chi connectivity index (χ1) is 41.4. The Bertz CT molecular complexity index is 1680. The predicted octanol–water partition coefficient (Wildman–Crippen LogP) is 18.8. The van der Waals surface area contributed by atoms with Crippen molar-refractivity contribution < 1.29 is 80.2 Å². The smallest absolute Gasteiger partial charge is 0.462 e. The van der Waals surface area contributed by atoms with Crippen LogP contribution >= 0.6 is 15.6 Å². The second-order valence-electron chi connectivity index (χ2n) is 25.2. The average molecular weight is 1270 g/mol. The van der Waals surface area contributed by atoms with Gasteiger partial charge < -0.3 is 33.8 Å². The predicted molar refractivity (Wildman–Crippen MR) is 345 cm³/mol. The molecule has 0 aliphatic rings. The minimum atomic E-state index is -4.95. The molecule has 0 aliphatic carbocycles. The lowest BCUT2D eigenvalue weighted by molar-refractivity contribution is -0.161. The number of carbonyl (C=O) groups excluding carboxylic acids is 4. The summed E-state index contributed by atoms with van der Waals surface area (Å²) >= 11 is 0. The Kier molecular flexibility index (Phi) is 58.0. The summed E-state index contributed by atoms with van der Waals surface area (Å²) in [5, 5.41) is 10.6. The lowest BCUT2D eigenvalue weighted by atomic mass is 10.0. The number of rotatable bonds is 66. The van der Waals surface area contributed by atoms with Crippen LogP contribution in [-0.2, 0) is 65.4 Å². The van der Waals surface area contributed by atoms with Crippen LogP contribution in [0.5, 0.6) is 0 Å². The molecule has 86 heavy (non-hydrogen) atoms. The summed E-state index contributed by atoms with van der Waals surface area (Å²) in [5.74, 6) is -0.648. The van der Waals surface area contributed by atoms with E-state index in [1.165, 1.54) is 154 Å². The zero-order valence-electron chi connectivity index (χ0n) is 55.6. The van der Waals surface area contributed by atoms with Crippen LogP contribution in [0.2, 0.25) is 0 Å². The van der Waals surface area contributed by atoms with Gasteiger partial charge in [0, 0.05) is 25.7 Å². The third-order valence-electron chi connectivity index (χ3n) is 15.5. The Morgan fingerprint density at radius 1 is 0.314 bits per heavy atom. The maximum absolute atomic E-state index is 13.0. The van der Waals surface area contributed by atoms with Gasteiger partial charge in [-0.3, -0.25) is 37.3 Å².